The van der Waals surface area contributed by atoms with Crippen LogP contribution in [0, 0.1) is 5.41 Å². The second kappa shape index (κ2) is 7.65. The number of nitrogens with one attached hydrogen (secondary N) is 1. The molecule has 24 heavy (non-hydrogen) atoms. The van der Waals surface area contributed by atoms with Gasteiger partial charge in [0, 0.05) is 43.7 Å². The number of carbonyl (C=O) groups excluding carboxylic acids is 1. The molecule has 3 rings (SSSR count). The highest BCUT2D eigenvalue weighted by atomic mass is 35.5. The van der Waals surface area contributed by atoms with Gasteiger partial charge in [0.15, 0.2) is 0 Å². The van der Waals surface area contributed by atoms with Crippen molar-refractivity contribution in [2.45, 2.75) is 31.5 Å². The molecule has 7 nitrogen and oxygen atoms in total. The highest BCUT2D eigenvalue weighted by Gasteiger charge is 2.56. The van der Waals surface area contributed by atoms with Crippen LogP contribution in [0.5, 0.6) is 0 Å². The standard InChI is InChI=1S/C16H23N3O4.ClH/c17-5-8-23-13-9-12(20)16(13)3-6-19(7-4-16)15(22)11-1-2-14(21)18-10-11;/h1-2,10,12-13,20H,3-9,17H2,(H,18,21);1H/t12-,13+;/m1./s1. The Morgan fingerprint density at radius 1 is 1.42 bits per heavy atom. The third kappa shape index (κ3) is 3.35. The van der Waals surface area contributed by atoms with Crippen molar-refractivity contribution in [3.8, 4) is 0 Å². The molecule has 0 aromatic carbocycles. The zero-order valence-corrected chi connectivity index (χ0v) is 14.3. The number of aromatic amines is 1. The second-order valence-electron chi connectivity index (χ2n) is 6.37. The van der Waals surface area contributed by atoms with E-state index in [2.05, 4.69) is 4.98 Å². The molecule has 0 radical (unpaired) electrons. The van der Waals surface area contributed by atoms with Crippen LogP contribution in [-0.2, 0) is 4.74 Å². The number of likely N-dealkylation sites (tertiary alicyclic amines) is 1. The Morgan fingerprint density at radius 2 is 2.12 bits per heavy atom. The van der Waals surface area contributed by atoms with E-state index in [1.165, 1.54) is 18.3 Å². The van der Waals surface area contributed by atoms with Gasteiger partial charge in [0.2, 0.25) is 5.56 Å². The van der Waals surface area contributed by atoms with Gasteiger partial charge in [-0.3, -0.25) is 9.59 Å². The summed E-state index contributed by atoms with van der Waals surface area (Å²) in [7, 11) is 0. The number of aliphatic hydroxyl groups excluding tert-OH is 1. The highest BCUT2D eigenvalue weighted by Crippen LogP contribution is 2.51. The molecule has 2 heterocycles. The molecule has 0 bridgehead atoms. The Kier molecular flexibility index (Phi) is 6.03. The van der Waals surface area contributed by atoms with Crippen molar-refractivity contribution >= 4 is 18.3 Å². The highest BCUT2D eigenvalue weighted by molar-refractivity contribution is 5.93. The molecule has 1 aromatic rings. The molecule has 1 saturated heterocycles. The summed E-state index contributed by atoms with van der Waals surface area (Å²) in [5, 5.41) is 10.2. The number of aliphatic hydroxyl groups is 1. The molecule has 1 aliphatic carbocycles. The van der Waals surface area contributed by atoms with E-state index in [4.69, 9.17) is 10.5 Å². The maximum Gasteiger partial charge on any atom is 0.255 e. The summed E-state index contributed by atoms with van der Waals surface area (Å²) in [5.74, 6) is -0.0932. The number of pyridine rings is 1. The van der Waals surface area contributed by atoms with E-state index in [0.29, 0.717) is 38.2 Å². The number of nitrogens with two attached hydrogens (primary N) is 1. The smallest absolute Gasteiger partial charge is 0.255 e. The first-order valence-electron chi connectivity index (χ1n) is 8.04. The van der Waals surface area contributed by atoms with Gasteiger partial charge in [-0.15, -0.1) is 12.4 Å². The molecular formula is C16H24ClN3O4. The van der Waals surface area contributed by atoms with Gasteiger partial charge in [-0.05, 0) is 18.9 Å². The molecule has 2 atom stereocenters. The van der Waals surface area contributed by atoms with E-state index in [9.17, 15) is 14.7 Å². The van der Waals surface area contributed by atoms with Crippen LogP contribution in [0.15, 0.2) is 23.1 Å². The van der Waals surface area contributed by atoms with Crippen LogP contribution >= 0.6 is 12.4 Å². The molecule has 8 heteroatoms. The van der Waals surface area contributed by atoms with Crippen LogP contribution in [0.2, 0.25) is 0 Å². The van der Waals surface area contributed by atoms with Crippen molar-refractivity contribution in [2.24, 2.45) is 11.1 Å². The van der Waals surface area contributed by atoms with E-state index >= 15 is 0 Å². The Bertz CT molecular complexity index is 607. The number of rotatable bonds is 4. The maximum atomic E-state index is 12.5. The molecule has 134 valence electrons. The minimum atomic E-state index is -0.365. The van der Waals surface area contributed by atoms with E-state index in [1.807, 2.05) is 0 Å². The molecule has 1 aliphatic heterocycles. The minimum absolute atomic E-state index is 0. The lowest BCUT2D eigenvalue weighted by Crippen LogP contribution is -2.62. The predicted octanol–water partition coefficient (Wildman–Crippen LogP) is 0.128. The predicted molar refractivity (Wildman–Crippen MR) is 91.3 cm³/mol. The number of ether oxygens (including phenoxy) is 1. The normalized spacial score (nSPS) is 25.0. The first-order valence-corrected chi connectivity index (χ1v) is 8.04. The second-order valence-corrected chi connectivity index (χ2v) is 6.37. The molecule has 1 amide bonds. The van der Waals surface area contributed by atoms with Crippen molar-refractivity contribution in [3.05, 3.63) is 34.2 Å². The number of halogens is 1. The van der Waals surface area contributed by atoms with Gasteiger partial charge in [-0.25, -0.2) is 0 Å². The van der Waals surface area contributed by atoms with Crippen molar-refractivity contribution in [3.63, 3.8) is 0 Å². The monoisotopic (exact) mass is 357 g/mol. The third-order valence-electron chi connectivity index (χ3n) is 5.19. The number of H-pyrrole nitrogens is 1. The lowest BCUT2D eigenvalue weighted by molar-refractivity contribution is -0.207. The summed E-state index contributed by atoms with van der Waals surface area (Å²) in [6.45, 7) is 2.13. The Labute approximate surface area is 146 Å². The number of carbonyl (C=O) groups is 1. The lowest BCUT2D eigenvalue weighted by Gasteiger charge is -2.56. The van der Waals surface area contributed by atoms with Crippen LogP contribution in [0.1, 0.15) is 29.6 Å². The van der Waals surface area contributed by atoms with Crippen LogP contribution in [0.4, 0.5) is 0 Å². The Balaban J connectivity index is 0.00000208. The first-order chi connectivity index (χ1) is 11.1. The van der Waals surface area contributed by atoms with Gasteiger partial charge in [-0.1, -0.05) is 0 Å². The molecule has 2 aliphatic rings. The van der Waals surface area contributed by atoms with Gasteiger partial charge in [0.1, 0.15) is 0 Å². The van der Waals surface area contributed by atoms with Gasteiger partial charge in [0.25, 0.3) is 5.91 Å². The zero-order valence-electron chi connectivity index (χ0n) is 13.4. The molecular weight excluding hydrogens is 334 g/mol. The number of piperidine rings is 1. The van der Waals surface area contributed by atoms with E-state index < -0.39 is 0 Å². The summed E-state index contributed by atoms with van der Waals surface area (Å²) >= 11 is 0. The molecule has 1 spiro atoms. The van der Waals surface area contributed by atoms with Gasteiger partial charge in [-0.2, -0.15) is 0 Å². The van der Waals surface area contributed by atoms with Crippen molar-refractivity contribution in [2.75, 3.05) is 26.2 Å². The first kappa shape index (κ1) is 18.9. The van der Waals surface area contributed by atoms with Crippen LogP contribution in [-0.4, -0.2) is 59.3 Å². The Morgan fingerprint density at radius 3 is 2.67 bits per heavy atom. The van der Waals surface area contributed by atoms with Crippen LogP contribution in [0.3, 0.4) is 0 Å². The fourth-order valence-electron chi connectivity index (χ4n) is 3.68. The topological polar surface area (TPSA) is 109 Å². The van der Waals surface area contributed by atoms with Crippen molar-refractivity contribution in [1.82, 2.24) is 9.88 Å². The largest absolute Gasteiger partial charge is 0.392 e. The third-order valence-corrected chi connectivity index (χ3v) is 5.19. The number of nitrogens with zero attached hydrogens (tertiary/aromatic N) is 1. The lowest BCUT2D eigenvalue weighted by atomic mass is 9.58. The van der Waals surface area contributed by atoms with E-state index in [0.717, 1.165) is 12.8 Å². The summed E-state index contributed by atoms with van der Waals surface area (Å²) in [5.41, 5.74) is 5.49. The maximum absolute atomic E-state index is 12.5. The SMILES string of the molecule is Cl.NCCO[C@H]1C[C@@H](O)C12CCN(C(=O)c1ccc(=O)[nH]c1)CC2. The van der Waals surface area contributed by atoms with Crippen LogP contribution in [0.25, 0.3) is 0 Å². The zero-order chi connectivity index (χ0) is 16.4. The molecule has 2 fully saturated rings. The van der Waals surface area contributed by atoms with Gasteiger partial charge < -0.3 is 25.5 Å². The molecule has 4 N–H and O–H groups in total. The fraction of sp³-hybridized carbons (Fsp3) is 0.625. The summed E-state index contributed by atoms with van der Waals surface area (Å²) in [6.07, 6.45) is 3.20. The Hall–Kier alpha value is -1.41. The number of amides is 1. The number of hydrogen-bond acceptors (Lipinski definition) is 5. The summed E-state index contributed by atoms with van der Waals surface area (Å²) in [6, 6.07) is 2.89. The summed E-state index contributed by atoms with van der Waals surface area (Å²) in [4.78, 5) is 27.8. The summed E-state index contributed by atoms with van der Waals surface area (Å²) < 4.78 is 5.76. The van der Waals surface area contributed by atoms with Gasteiger partial charge in [0.05, 0.1) is 24.4 Å². The average molecular weight is 358 g/mol. The quantitative estimate of drug-likeness (QED) is 0.709. The minimum Gasteiger partial charge on any atom is -0.392 e. The van der Waals surface area contributed by atoms with Gasteiger partial charge >= 0.3 is 0 Å². The van der Waals surface area contributed by atoms with E-state index in [-0.39, 0.29) is 41.5 Å². The molecule has 1 aromatic heterocycles. The average Bonchev–Trinajstić information content (AvgIpc) is 2.58. The number of aromatic nitrogens is 1. The van der Waals surface area contributed by atoms with E-state index in [1.54, 1.807) is 4.90 Å². The molecule has 1 saturated carbocycles. The van der Waals surface area contributed by atoms with Crippen LogP contribution < -0.4 is 11.3 Å². The fourth-order valence-corrected chi connectivity index (χ4v) is 3.68. The number of hydrogen-bond donors (Lipinski definition) is 3. The van der Waals surface area contributed by atoms with Crippen molar-refractivity contribution < 1.29 is 14.6 Å². The van der Waals surface area contributed by atoms with Crippen molar-refractivity contribution in [1.29, 1.82) is 0 Å². The molecule has 0 unspecified atom stereocenters.